The fourth-order valence-electron chi connectivity index (χ4n) is 3.30. The van der Waals surface area contributed by atoms with Crippen molar-refractivity contribution in [3.8, 4) is 17.2 Å². The minimum atomic E-state index is -0.197. The SMILES string of the molecule is COc1ccc(Cl)c2sc(N(CCN(C)C)C(=O)c3ccccc3Oc3ccccc3)nc12. The first-order valence-electron chi connectivity index (χ1n) is 10.4. The zero-order valence-corrected chi connectivity index (χ0v) is 20.2. The van der Waals surface area contributed by atoms with Crippen LogP contribution < -0.4 is 14.4 Å². The Morgan fingerprint density at radius 2 is 1.70 bits per heavy atom. The number of nitrogens with zero attached hydrogens (tertiary/aromatic N) is 3. The van der Waals surface area contributed by atoms with Gasteiger partial charge in [0.2, 0.25) is 0 Å². The minimum absolute atomic E-state index is 0.197. The Labute approximate surface area is 201 Å². The number of amides is 1. The van der Waals surface area contributed by atoms with E-state index in [-0.39, 0.29) is 5.91 Å². The Hall–Kier alpha value is -3.13. The number of ether oxygens (including phenoxy) is 2. The zero-order valence-electron chi connectivity index (χ0n) is 18.6. The molecule has 0 aliphatic heterocycles. The molecule has 0 aliphatic carbocycles. The number of benzene rings is 3. The third-order valence-electron chi connectivity index (χ3n) is 5.00. The Kier molecular flexibility index (Phi) is 7.13. The Morgan fingerprint density at radius 1 is 0.970 bits per heavy atom. The minimum Gasteiger partial charge on any atom is -0.494 e. The summed E-state index contributed by atoms with van der Waals surface area (Å²) >= 11 is 7.80. The average Bonchev–Trinajstić information content (AvgIpc) is 3.26. The van der Waals surface area contributed by atoms with Gasteiger partial charge in [-0.15, -0.1) is 0 Å². The molecule has 170 valence electrons. The van der Waals surface area contributed by atoms with Gasteiger partial charge in [0.15, 0.2) is 5.13 Å². The van der Waals surface area contributed by atoms with Gasteiger partial charge in [-0.2, -0.15) is 0 Å². The number of methoxy groups -OCH3 is 1. The van der Waals surface area contributed by atoms with Crippen molar-refractivity contribution in [1.29, 1.82) is 0 Å². The summed E-state index contributed by atoms with van der Waals surface area (Å²) in [5, 5.41) is 1.13. The van der Waals surface area contributed by atoms with Crippen LogP contribution in [-0.2, 0) is 0 Å². The maximum absolute atomic E-state index is 13.8. The number of aromatic nitrogens is 1. The van der Waals surface area contributed by atoms with Crippen molar-refractivity contribution in [3.05, 3.63) is 77.3 Å². The van der Waals surface area contributed by atoms with Gasteiger partial charge in [-0.05, 0) is 50.5 Å². The van der Waals surface area contributed by atoms with E-state index in [1.165, 1.54) is 11.3 Å². The van der Waals surface area contributed by atoms with Gasteiger partial charge in [-0.25, -0.2) is 4.98 Å². The molecule has 0 fully saturated rings. The van der Waals surface area contributed by atoms with Crippen molar-refractivity contribution < 1.29 is 14.3 Å². The van der Waals surface area contributed by atoms with E-state index in [1.54, 1.807) is 36.3 Å². The van der Waals surface area contributed by atoms with Crippen LogP contribution in [0.4, 0.5) is 5.13 Å². The molecule has 1 amide bonds. The Bertz CT molecular complexity index is 1260. The number of rotatable bonds is 8. The molecule has 0 saturated carbocycles. The maximum atomic E-state index is 13.8. The standard InChI is InChI=1S/C25H24ClN3O3S/c1-28(2)15-16-29(25-27-22-21(31-3)14-13-19(26)23(22)33-25)24(30)18-11-7-8-12-20(18)32-17-9-5-4-6-10-17/h4-14H,15-16H2,1-3H3. The van der Waals surface area contributed by atoms with Gasteiger partial charge in [-0.3, -0.25) is 9.69 Å². The average molecular weight is 482 g/mol. The van der Waals surface area contributed by atoms with Gasteiger partial charge >= 0.3 is 0 Å². The van der Waals surface area contributed by atoms with Crippen molar-refractivity contribution in [2.24, 2.45) is 0 Å². The Morgan fingerprint density at radius 3 is 2.42 bits per heavy atom. The second-order valence-corrected chi connectivity index (χ2v) is 8.98. The number of fused-ring (bicyclic) bond motifs is 1. The zero-order chi connectivity index (χ0) is 23.4. The summed E-state index contributed by atoms with van der Waals surface area (Å²) in [4.78, 5) is 22.2. The number of anilines is 1. The monoisotopic (exact) mass is 481 g/mol. The molecule has 0 saturated heterocycles. The lowest BCUT2D eigenvalue weighted by Gasteiger charge is -2.23. The van der Waals surface area contributed by atoms with Gasteiger partial charge in [0.05, 0.1) is 22.4 Å². The fourth-order valence-corrected chi connectivity index (χ4v) is 4.58. The first-order valence-corrected chi connectivity index (χ1v) is 11.6. The van der Waals surface area contributed by atoms with Crippen LogP contribution >= 0.6 is 22.9 Å². The molecule has 3 aromatic carbocycles. The molecule has 0 N–H and O–H groups in total. The molecular formula is C25H24ClN3O3S. The van der Waals surface area contributed by atoms with Crippen LogP contribution in [0, 0.1) is 0 Å². The summed E-state index contributed by atoms with van der Waals surface area (Å²) in [6.45, 7) is 1.11. The normalized spacial score (nSPS) is 11.1. The lowest BCUT2D eigenvalue weighted by Crippen LogP contribution is -2.36. The van der Waals surface area contributed by atoms with Gasteiger partial charge < -0.3 is 14.4 Å². The number of carbonyl (C=O) groups is 1. The molecule has 8 heteroatoms. The van der Waals surface area contributed by atoms with Crippen molar-refractivity contribution in [2.45, 2.75) is 0 Å². The van der Waals surface area contributed by atoms with Gasteiger partial charge in [0.25, 0.3) is 5.91 Å². The van der Waals surface area contributed by atoms with Crippen molar-refractivity contribution in [1.82, 2.24) is 9.88 Å². The summed E-state index contributed by atoms with van der Waals surface area (Å²) in [7, 11) is 5.52. The highest BCUT2D eigenvalue weighted by molar-refractivity contribution is 7.23. The number of halogens is 1. The van der Waals surface area contributed by atoms with Crippen LogP contribution in [0.1, 0.15) is 10.4 Å². The molecule has 1 aromatic heterocycles. The third-order valence-corrected chi connectivity index (χ3v) is 6.54. The Balaban J connectivity index is 1.75. The number of thiazole rings is 1. The van der Waals surface area contributed by atoms with Crippen LogP contribution in [-0.4, -0.2) is 50.1 Å². The molecule has 0 aliphatic rings. The molecule has 0 radical (unpaired) electrons. The fraction of sp³-hybridized carbons (Fsp3) is 0.200. The van der Waals surface area contributed by atoms with E-state index in [2.05, 4.69) is 0 Å². The summed E-state index contributed by atoms with van der Waals surface area (Å²) in [5.74, 6) is 1.57. The summed E-state index contributed by atoms with van der Waals surface area (Å²) in [5.41, 5.74) is 1.10. The van der Waals surface area contributed by atoms with E-state index in [1.807, 2.05) is 61.5 Å². The lowest BCUT2D eigenvalue weighted by molar-refractivity contribution is 0.0983. The molecule has 1 heterocycles. The summed E-state index contributed by atoms with van der Waals surface area (Å²) in [6.07, 6.45) is 0. The van der Waals surface area contributed by atoms with E-state index >= 15 is 0 Å². The second kappa shape index (κ2) is 10.2. The predicted octanol–water partition coefficient (Wildman–Crippen LogP) is 5.96. The van der Waals surface area contributed by atoms with Crippen molar-refractivity contribution in [2.75, 3.05) is 39.2 Å². The van der Waals surface area contributed by atoms with E-state index < -0.39 is 0 Å². The number of likely N-dealkylation sites (N-methyl/N-ethyl adjacent to an activating group) is 1. The first kappa shape index (κ1) is 23.0. The van der Waals surface area contributed by atoms with E-state index in [4.69, 9.17) is 26.1 Å². The summed E-state index contributed by atoms with van der Waals surface area (Å²) < 4.78 is 12.3. The third kappa shape index (κ3) is 5.11. The van der Waals surface area contributed by atoms with Crippen LogP contribution in [0.25, 0.3) is 10.2 Å². The molecule has 33 heavy (non-hydrogen) atoms. The maximum Gasteiger partial charge on any atom is 0.263 e. The van der Waals surface area contributed by atoms with Crippen LogP contribution in [0.2, 0.25) is 5.02 Å². The van der Waals surface area contributed by atoms with E-state index in [0.29, 0.717) is 51.6 Å². The topological polar surface area (TPSA) is 54.9 Å². The smallest absolute Gasteiger partial charge is 0.263 e. The molecule has 0 atom stereocenters. The van der Waals surface area contributed by atoms with Crippen LogP contribution in [0.3, 0.4) is 0 Å². The molecule has 0 bridgehead atoms. The second-order valence-electron chi connectivity index (χ2n) is 7.60. The van der Waals surface area contributed by atoms with Gasteiger partial charge in [0.1, 0.15) is 22.8 Å². The summed E-state index contributed by atoms with van der Waals surface area (Å²) in [6, 6.07) is 20.2. The molecule has 4 aromatic rings. The molecular weight excluding hydrogens is 458 g/mol. The quantitative estimate of drug-likeness (QED) is 0.311. The predicted molar refractivity (Wildman–Crippen MR) is 134 cm³/mol. The highest BCUT2D eigenvalue weighted by Crippen LogP contribution is 2.39. The number of para-hydroxylation sites is 2. The molecule has 4 rings (SSSR count). The number of carbonyl (C=O) groups excluding carboxylic acids is 1. The number of hydrogen-bond donors (Lipinski definition) is 0. The van der Waals surface area contributed by atoms with Crippen LogP contribution in [0.15, 0.2) is 66.7 Å². The largest absolute Gasteiger partial charge is 0.494 e. The van der Waals surface area contributed by atoms with Gasteiger partial charge in [-0.1, -0.05) is 53.3 Å². The van der Waals surface area contributed by atoms with E-state index in [9.17, 15) is 4.79 Å². The highest BCUT2D eigenvalue weighted by atomic mass is 35.5. The lowest BCUT2D eigenvalue weighted by atomic mass is 10.1. The first-order chi connectivity index (χ1) is 16.0. The van der Waals surface area contributed by atoms with Crippen molar-refractivity contribution in [3.63, 3.8) is 0 Å². The van der Waals surface area contributed by atoms with Gasteiger partial charge in [0, 0.05) is 13.1 Å². The van der Waals surface area contributed by atoms with E-state index in [0.717, 1.165) is 4.70 Å². The van der Waals surface area contributed by atoms with Crippen molar-refractivity contribution >= 4 is 44.2 Å². The molecule has 0 spiro atoms. The molecule has 6 nitrogen and oxygen atoms in total. The molecule has 0 unspecified atom stereocenters. The highest BCUT2D eigenvalue weighted by Gasteiger charge is 2.25. The van der Waals surface area contributed by atoms with Crippen LogP contribution in [0.5, 0.6) is 17.2 Å². The number of hydrogen-bond acceptors (Lipinski definition) is 6.